The number of para-hydroxylation sites is 1. The fourth-order valence-corrected chi connectivity index (χ4v) is 4.08. The Hall–Kier alpha value is -1.84. The average Bonchev–Trinajstić information content (AvgIpc) is 2.83. The summed E-state index contributed by atoms with van der Waals surface area (Å²) in [6.07, 6.45) is 0.872. The van der Waals surface area contributed by atoms with E-state index < -0.39 is 6.17 Å². The van der Waals surface area contributed by atoms with Gasteiger partial charge in [0.1, 0.15) is 6.17 Å². The molecular weight excluding hydrogens is 279 g/mol. The summed E-state index contributed by atoms with van der Waals surface area (Å²) in [7, 11) is 0. The fourth-order valence-electron chi connectivity index (χ4n) is 4.08. The van der Waals surface area contributed by atoms with Crippen LogP contribution < -0.4 is 0 Å². The second-order valence-corrected chi connectivity index (χ2v) is 6.80. The van der Waals surface area contributed by atoms with Crippen molar-refractivity contribution in [2.75, 3.05) is 0 Å². The minimum absolute atomic E-state index is 0.0253. The van der Waals surface area contributed by atoms with Gasteiger partial charge < -0.3 is 9.88 Å². The van der Waals surface area contributed by atoms with E-state index in [4.69, 9.17) is 0 Å². The SMILES string of the molecule is C[C@@H]1Cc2c([nH]c3ccccc23)[C@@H](C)N1C(=O)C1CC(F)C1. The molecule has 2 atom stereocenters. The molecule has 0 radical (unpaired) electrons. The molecule has 0 spiro atoms. The second kappa shape index (κ2) is 4.83. The summed E-state index contributed by atoms with van der Waals surface area (Å²) < 4.78 is 13.1. The predicted molar refractivity (Wildman–Crippen MR) is 84.3 cm³/mol. The van der Waals surface area contributed by atoms with Gasteiger partial charge in [0.05, 0.1) is 6.04 Å². The Labute approximate surface area is 129 Å². The lowest BCUT2D eigenvalue weighted by Gasteiger charge is -2.43. The normalized spacial score (nSPS) is 31.0. The minimum atomic E-state index is -0.784. The Kier molecular flexibility index (Phi) is 3.03. The molecule has 0 bridgehead atoms. The summed E-state index contributed by atoms with van der Waals surface area (Å²) >= 11 is 0. The van der Waals surface area contributed by atoms with E-state index in [2.05, 4.69) is 37.0 Å². The lowest BCUT2D eigenvalue weighted by atomic mass is 9.81. The van der Waals surface area contributed by atoms with Gasteiger partial charge in [-0.15, -0.1) is 0 Å². The number of fused-ring (bicyclic) bond motifs is 3. The highest BCUT2D eigenvalue weighted by Gasteiger charge is 2.42. The van der Waals surface area contributed by atoms with Crippen molar-refractivity contribution < 1.29 is 9.18 Å². The minimum Gasteiger partial charge on any atom is -0.356 e. The maximum absolute atomic E-state index is 13.1. The first-order valence-corrected chi connectivity index (χ1v) is 8.12. The summed E-state index contributed by atoms with van der Waals surface area (Å²) in [5.41, 5.74) is 3.61. The number of rotatable bonds is 1. The molecule has 4 rings (SSSR count). The maximum atomic E-state index is 13.1. The quantitative estimate of drug-likeness (QED) is 0.855. The molecule has 1 aromatic heterocycles. The molecule has 1 aliphatic heterocycles. The lowest BCUT2D eigenvalue weighted by molar-refractivity contribution is -0.145. The maximum Gasteiger partial charge on any atom is 0.226 e. The first-order valence-electron chi connectivity index (χ1n) is 8.12. The van der Waals surface area contributed by atoms with E-state index in [0.29, 0.717) is 12.8 Å². The molecule has 1 N–H and O–H groups in total. The Bertz CT molecular complexity index is 732. The Morgan fingerprint density at radius 2 is 2.00 bits per heavy atom. The van der Waals surface area contributed by atoms with Crippen molar-refractivity contribution in [1.29, 1.82) is 0 Å². The Morgan fingerprint density at radius 3 is 2.73 bits per heavy atom. The van der Waals surface area contributed by atoms with E-state index in [9.17, 15) is 9.18 Å². The van der Waals surface area contributed by atoms with Crippen LogP contribution in [-0.2, 0) is 11.2 Å². The van der Waals surface area contributed by atoms with Gasteiger partial charge >= 0.3 is 0 Å². The van der Waals surface area contributed by atoms with Crippen LogP contribution in [0.25, 0.3) is 10.9 Å². The van der Waals surface area contributed by atoms with Crippen molar-refractivity contribution in [2.24, 2.45) is 5.92 Å². The molecule has 0 unspecified atom stereocenters. The van der Waals surface area contributed by atoms with Crippen LogP contribution >= 0.6 is 0 Å². The number of carbonyl (C=O) groups is 1. The molecule has 1 aromatic carbocycles. The molecule has 2 aliphatic rings. The van der Waals surface area contributed by atoms with E-state index in [1.54, 1.807) is 0 Å². The van der Waals surface area contributed by atoms with Gasteiger partial charge in [-0.2, -0.15) is 0 Å². The summed E-state index contributed by atoms with van der Waals surface area (Å²) in [5.74, 6) is 0.00374. The number of halogens is 1. The number of benzene rings is 1. The zero-order chi connectivity index (χ0) is 15.4. The molecule has 22 heavy (non-hydrogen) atoms. The van der Waals surface area contributed by atoms with E-state index >= 15 is 0 Å². The van der Waals surface area contributed by atoms with Crippen molar-refractivity contribution in [3.63, 3.8) is 0 Å². The molecular formula is C18H21FN2O. The van der Waals surface area contributed by atoms with Crippen molar-refractivity contribution >= 4 is 16.8 Å². The highest BCUT2D eigenvalue weighted by atomic mass is 19.1. The van der Waals surface area contributed by atoms with Crippen molar-refractivity contribution in [3.8, 4) is 0 Å². The number of H-pyrrole nitrogens is 1. The monoisotopic (exact) mass is 300 g/mol. The van der Waals surface area contributed by atoms with Crippen LogP contribution in [0.4, 0.5) is 4.39 Å². The number of aromatic amines is 1. The molecule has 0 saturated heterocycles. The van der Waals surface area contributed by atoms with Crippen LogP contribution in [0.15, 0.2) is 24.3 Å². The van der Waals surface area contributed by atoms with Crippen LogP contribution in [0.5, 0.6) is 0 Å². The van der Waals surface area contributed by atoms with E-state index in [0.717, 1.165) is 17.6 Å². The summed E-state index contributed by atoms with van der Waals surface area (Å²) in [6.45, 7) is 4.18. The summed E-state index contributed by atoms with van der Waals surface area (Å²) in [6, 6.07) is 8.49. The van der Waals surface area contributed by atoms with Crippen LogP contribution in [0.1, 0.15) is 44.0 Å². The summed E-state index contributed by atoms with van der Waals surface area (Å²) in [5, 5.41) is 1.26. The number of hydrogen-bond donors (Lipinski definition) is 1. The smallest absolute Gasteiger partial charge is 0.226 e. The number of nitrogens with one attached hydrogen (secondary N) is 1. The molecule has 2 heterocycles. The van der Waals surface area contributed by atoms with Crippen molar-refractivity contribution in [3.05, 3.63) is 35.5 Å². The van der Waals surface area contributed by atoms with Gasteiger partial charge in [0.15, 0.2) is 0 Å². The molecule has 4 heteroatoms. The average molecular weight is 300 g/mol. The van der Waals surface area contributed by atoms with Gasteiger partial charge in [0, 0.05) is 28.6 Å². The highest BCUT2D eigenvalue weighted by molar-refractivity contribution is 5.87. The van der Waals surface area contributed by atoms with Gasteiger partial charge in [-0.3, -0.25) is 4.79 Å². The predicted octanol–water partition coefficient (Wildman–Crippen LogP) is 3.75. The Balaban J connectivity index is 1.70. The lowest BCUT2D eigenvalue weighted by Crippen LogP contribution is -2.50. The van der Waals surface area contributed by atoms with Crippen LogP contribution in [0.3, 0.4) is 0 Å². The van der Waals surface area contributed by atoms with Crippen LogP contribution in [0, 0.1) is 5.92 Å². The van der Waals surface area contributed by atoms with Gasteiger partial charge in [-0.1, -0.05) is 18.2 Å². The second-order valence-electron chi connectivity index (χ2n) is 6.80. The standard InChI is InChI=1S/C18H21FN2O/c1-10-7-15-14-5-3-4-6-16(14)20-17(15)11(2)21(10)18(22)12-8-13(19)9-12/h3-6,10-13,20H,7-9H2,1-2H3/t10-,11-,12?,13?/m1/s1. The van der Waals surface area contributed by atoms with Gasteiger partial charge in [-0.25, -0.2) is 4.39 Å². The fraction of sp³-hybridized carbons (Fsp3) is 0.500. The zero-order valence-electron chi connectivity index (χ0n) is 13.0. The van der Waals surface area contributed by atoms with Gasteiger partial charge in [0.25, 0.3) is 0 Å². The first kappa shape index (κ1) is 13.8. The molecule has 116 valence electrons. The number of hydrogen-bond acceptors (Lipinski definition) is 1. The van der Waals surface area contributed by atoms with Crippen LogP contribution in [-0.4, -0.2) is 28.0 Å². The zero-order valence-corrected chi connectivity index (χ0v) is 13.0. The molecule has 3 nitrogen and oxygen atoms in total. The van der Waals surface area contributed by atoms with Crippen molar-refractivity contribution in [2.45, 2.75) is 51.4 Å². The number of alkyl halides is 1. The topological polar surface area (TPSA) is 36.1 Å². The molecule has 1 amide bonds. The van der Waals surface area contributed by atoms with Gasteiger partial charge in [-0.05, 0) is 44.7 Å². The van der Waals surface area contributed by atoms with Crippen molar-refractivity contribution in [1.82, 2.24) is 9.88 Å². The number of amides is 1. The molecule has 2 aromatic rings. The van der Waals surface area contributed by atoms with E-state index in [1.165, 1.54) is 10.9 Å². The third-order valence-electron chi connectivity index (χ3n) is 5.34. The van der Waals surface area contributed by atoms with Gasteiger partial charge in [0.2, 0.25) is 5.91 Å². The third-order valence-corrected chi connectivity index (χ3v) is 5.34. The molecule has 1 aliphatic carbocycles. The molecule has 1 fully saturated rings. The number of aromatic nitrogens is 1. The highest BCUT2D eigenvalue weighted by Crippen LogP contribution is 2.40. The largest absolute Gasteiger partial charge is 0.356 e. The molecule has 1 saturated carbocycles. The third kappa shape index (κ3) is 1.89. The van der Waals surface area contributed by atoms with E-state index in [1.807, 2.05) is 11.0 Å². The number of nitrogens with zero attached hydrogens (tertiary/aromatic N) is 1. The first-order chi connectivity index (χ1) is 10.6. The Morgan fingerprint density at radius 1 is 1.27 bits per heavy atom. The van der Waals surface area contributed by atoms with Crippen LogP contribution in [0.2, 0.25) is 0 Å². The number of carbonyl (C=O) groups excluding carboxylic acids is 1. The van der Waals surface area contributed by atoms with E-state index in [-0.39, 0.29) is 23.9 Å². The summed E-state index contributed by atoms with van der Waals surface area (Å²) in [4.78, 5) is 18.2.